The zero-order valence-electron chi connectivity index (χ0n) is 13.3. The van der Waals surface area contributed by atoms with Gasteiger partial charge in [-0.25, -0.2) is 4.79 Å². The third kappa shape index (κ3) is 3.12. The zero-order chi connectivity index (χ0) is 17.9. The van der Waals surface area contributed by atoms with Crippen LogP contribution in [0.25, 0.3) is 0 Å². The maximum Gasteiger partial charge on any atom is 0.334 e. The topological polar surface area (TPSA) is 57.6 Å². The molecule has 1 atom stereocenters. The number of halogens is 2. The Labute approximate surface area is 150 Å². The lowest BCUT2D eigenvalue weighted by Crippen LogP contribution is -2.52. The van der Waals surface area contributed by atoms with Crippen molar-refractivity contribution in [1.29, 1.82) is 0 Å². The molecular formula is C18H17Cl2NO3. The molecule has 0 aliphatic rings. The minimum absolute atomic E-state index is 0.176. The minimum atomic E-state index is -1.54. The normalized spacial score (nSPS) is 13.2. The van der Waals surface area contributed by atoms with Crippen molar-refractivity contribution < 1.29 is 14.7 Å². The Morgan fingerprint density at radius 3 is 2.21 bits per heavy atom. The summed E-state index contributed by atoms with van der Waals surface area (Å²) in [5, 5.41) is 10.5. The van der Waals surface area contributed by atoms with Crippen molar-refractivity contribution in [3.63, 3.8) is 0 Å². The van der Waals surface area contributed by atoms with Crippen LogP contribution in [0, 0.1) is 0 Å². The van der Waals surface area contributed by atoms with Crippen molar-refractivity contribution in [2.24, 2.45) is 0 Å². The van der Waals surface area contributed by atoms with Crippen molar-refractivity contribution in [3.05, 3.63) is 69.7 Å². The van der Waals surface area contributed by atoms with Crippen LogP contribution in [0.5, 0.6) is 0 Å². The van der Waals surface area contributed by atoms with Crippen LogP contribution < -0.4 is 0 Å². The fourth-order valence-corrected chi connectivity index (χ4v) is 3.05. The number of likely N-dealkylation sites (N-methyl/N-ethyl adjacent to an activating group) is 1. The van der Waals surface area contributed by atoms with Crippen molar-refractivity contribution in [2.75, 3.05) is 7.05 Å². The Morgan fingerprint density at radius 2 is 1.71 bits per heavy atom. The molecule has 24 heavy (non-hydrogen) atoms. The summed E-state index contributed by atoms with van der Waals surface area (Å²) < 4.78 is 0. The first-order valence-electron chi connectivity index (χ1n) is 7.36. The number of rotatable bonds is 5. The predicted molar refractivity (Wildman–Crippen MR) is 94.6 cm³/mol. The molecule has 1 amide bonds. The lowest BCUT2D eigenvalue weighted by molar-refractivity contribution is -0.150. The first-order valence-corrected chi connectivity index (χ1v) is 8.12. The second-order valence-corrected chi connectivity index (χ2v) is 6.19. The lowest BCUT2D eigenvalue weighted by atomic mass is 9.85. The number of amides is 1. The third-order valence-electron chi connectivity index (χ3n) is 4.16. The van der Waals surface area contributed by atoms with E-state index in [1.165, 1.54) is 24.1 Å². The van der Waals surface area contributed by atoms with Crippen molar-refractivity contribution in [3.8, 4) is 0 Å². The highest BCUT2D eigenvalue weighted by Crippen LogP contribution is 2.36. The Bertz CT molecular complexity index is 764. The van der Waals surface area contributed by atoms with Crippen LogP contribution in [0.3, 0.4) is 0 Å². The standard InChI is InChI=1S/C18H17Cl2NO3/c1-3-18(17(23)24,13-9-10-14(19)15(20)11-13)21(2)16(22)12-7-5-4-6-8-12/h4-11H,3H2,1-2H3,(H,23,24)/t18-/m0/s1. The number of carbonyl (C=O) groups is 2. The highest BCUT2D eigenvalue weighted by atomic mass is 35.5. The zero-order valence-corrected chi connectivity index (χ0v) is 14.8. The quantitative estimate of drug-likeness (QED) is 0.850. The molecule has 0 unspecified atom stereocenters. The number of hydrogen-bond donors (Lipinski definition) is 1. The summed E-state index contributed by atoms with van der Waals surface area (Å²) in [5.74, 6) is -1.51. The maximum atomic E-state index is 12.8. The van der Waals surface area contributed by atoms with E-state index in [4.69, 9.17) is 23.2 Å². The molecular weight excluding hydrogens is 349 g/mol. The fraction of sp³-hybridized carbons (Fsp3) is 0.222. The van der Waals surface area contributed by atoms with Gasteiger partial charge in [0.25, 0.3) is 5.91 Å². The van der Waals surface area contributed by atoms with Gasteiger partial charge in [0.2, 0.25) is 0 Å². The Balaban J connectivity index is 2.57. The van der Waals surface area contributed by atoms with Crippen LogP contribution in [0.1, 0.15) is 29.3 Å². The van der Waals surface area contributed by atoms with E-state index < -0.39 is 11.5 Å². The van der Waals surface area contributed by atoms with E-state index >= 15 is 0 Å². The molecule has 0 aromatic heterocycles. The van der Waals surface area contributed by atoms with Gasteiger partial charge >= 0.3 is 5.97 Å². The van der Waals surface area contributed by atoms with Gasteiger partial charge in [0.05, 0.1) is 10.0 Å². The van der Waals surface area contributed by atoms with Gasteiger partial charge in [-0.3, -0.25) is 4.79 Å². The van der Waals surface area contributed by atoms with Crippen LogP contribution in [0.2, 0.25) is 10.0 Å². The molecule has 2 rings (SSSR count). The Hall–Kier alpha value is -2.04. The molecule has 0 fully saturated rings. The molecule has 0 aliphatic carbocycles. The van der Waals surface area contributed by atoms with E-state index in [9.17, 15) is 14.7 Å². The van der Waals surface area contributed by atoms with Gasteiger partial charge in [-0.1, -0.05) is 54.4 Å². The fourth-order valence-electron chi connectivity index (χ4n) is 2.75. The molecule has 0 saturated heterocycles. The average Bonchev–Trinajstić information content (AvgIpc) is 2.58. The SMILES string of the molecule is CC[C@@](C(=O)O)(c1ccc(Cl)c(Cl)c1)N(C)C(=O)c1ccccc1. The smallest absolute Gasteiger partial charge is 0.334 e. The van der Waals surface area contributed by atoms with Crippen LogP contribution in [-0.2, 0) is 10.3 Å². The van der Waals surface area contributed by atoms with E-state index in [1.807, 2.05) is 0 Å². The van der Waals surface area contributed by atoms with E-state index in [2.05, 4.69) is 0 Å². The summed E-state index contributed by atoms with van der Waals surface area (Å²) in [6.45, 7) is 1.71. The van der Waals surface area contributed by atoms with Crippen molar-refractivity contribution >= 4 is 35.1 Å². The first kappa shape index (κ1) is 18.3. The van der Waals surface area contributed by atoms with Gasteiger partial charge in [0.1, 0.15) is 0 Å². The van der Waals surface area contributed by atoms with Gasteiger partial charge in [-0.15, -0.1) is 0 Å². The highest BCUT2D eigenvalue weighted by molar-refractivity contribution is 6.42. The molecule has 0 bridgehead atoms. The van der Waals surface area contributed by atoms with E-state index in [0.29, 0.717) is 16.1 Å². The van der Waals surface area contributed by atoms with E-state index in [-0.39, 0.29) is 17.4 Å². The predicted octanol–water partition coefficient (Wildman–Crippen LogP) is 4.46. The number of carboxylic acids is 1. The summed E-state index contributed by atoms with van der Waals surface area (Å²) in [6.07, 6.45) is 0.176. The summed E-state index contributed by atoms with van der Waals surface area (Å²) in [7, 11) is 1.48. The highest BCUT2D eigenvalue weighted by Gasteiger charge is 2.45. The van der Waals surface area contributed by atoms with Crippen molar-refractivity contribution in [2.45, 2.75) is 18.9 Å². The lowest BCUT2D eigenvalue weighted by Gasteiger charge is -2.38. The molecule has 1 N–H and O–H groups in total. The number of benzene rings is 2. The largest absolute Gasteiger partial charge is 0.479 e. The molecule has 0 radical (unpaired) electrons. The molecule has 6 heteroatoms. The van der Waals surface area contributed by atoms with E-state index in [0.717, 1.165) is 0 Å². The van der Waals surface area contributed by atoms with Crippen LogP contribution >= 0.6 is 23.2 Å². The summed E-state index contributed by atoms with van der Waals surface area (Å²) >= 11 is 12.0. The molecule has 0 spiro atoms. The molecule has 0 heterocycles. The number of carbonyl (C=O) groups excluding carboxylic acids is 1. The minimum Gasteiger partial charge on any atom is -0.479 e. The molecule has 2 aromatic rings. The number of nitrogens with zero attached hydrogens (tertiary/aromatic N) is 1. The second kappa shape index (κ2) is 7.24. The summed E-state index contributed by atoms with van der Waals surface area (Å²) in [5.41, 5.74) is -0.723. The molecule has 0 saturated carbocycles. The van der Waals surface area contributed by atoms with Gasteiger partial charge in [0.15, 0.2) is 5.54 Å². The van der Waals surface area contributed by atoms with Crippen LogP contribution in [-0.4, -0.2) is 28.9 Å². The molecule has 4 nitrogen and oxygen atoms in total. The van der Waals surface area contributed by atoms with Gasteiger partial charge < -0.3 is 10.0 Å². The van der Waals surface area contributed by atoms with Crippen molar-refractivity contribution in [1.82, 2.24) is 4.90 Å². The third-order valence-corrected chi connectivity index (χ3v) is 4.90. The number of aliphatic carboxylic acids is 1. The molecule has 0 aliphatic heterocycles. The van der Waals surface area contributed by atoms with Gasteiger partial charge in [0, 0.05) is 12.6 Å². The van der Waals surface area contributed by atoms with Crippen LogP contribution in [0.15, 0.2) is 48.5 Å². The maximum absolute atomic E-state index is 12.8. The van der Waals surface area contributed by atoms with Gasteiger partial charge in [-0.05, 0) is 36.2 Å². The number of hydrogen-bond acceptors (Lipinski definition) is 2. The molecule has 2 aromatic carbocycles. The summed E-state index contributed by atoms with van der Waals surface area (Å²) in [6, 6.07) is 13.2. The number of carboxylic acid groups (broad SMARTS) is 1. The summed E-state index contributed by atoms with van der Waals surface area (Å²) in [4.78, 5) is 26.2. The Morgan fingerprint density at radius 1 is 1.08 bits per heavy atom. The molecule has 126 valence electrons. The monoisotopic (exact) mass is 365 g/mol. The van der Waals surface area contributed by atoms with E-state index in [1.54, 1.807) is 43.3 Å². The average molecular weight is 366 g/mol. The van der Waals surface area contributed by atoms with Gasteiger partial charge in [-0.2, -0.15) is 0 Å². The first-order chi connectivity index (χ1) is 11.3. The Kier molecular flexibility index (Phi) is 5.52. The second-order valence-electron chi connectivity index (χ2n) is 5.38. The van der Waals surface area contributed by atoms with Crippen LogP contribution in [0.4, 0.5) is 0 Å².